The molecule has 0 atom stereocenters. The summed E-state index contributed by atoms with van der Waals surface area (Å²) < 4.78 is 0. The van der Waals surface area contributed by atoms with Gasteiger partial charge in [-0.15, -0.1) is 0 Å². The Bertz CT molecular complexity index is 429. The number of hydrogen-bond acceptors (Lipinski definition) is 4. The first-order valence-corrected chi connectivity index (χ1v) is 7.23. The summed E-state index contributed by atoms with van der Waals surface area (Å²) >= 11 is 6.01. The van der Waals surface area contributed by atoms with Gasteiger partial charge in [-0.1, -0.05) is 19.3 Å². The van der Waals surface area contributed by atoms with Crippen LogP contribution in [0.15, 0.2) is 0 Å². The Labute approximate surface area is 113 Å². The monoisotopic (exact) mass is 266 g/mol. The molecule has 2 heterocycles. The van der Waals surface area contributed by atoms with Crippen molar-refractivity contribution in [2.24, 2.45) is 0 Å². The van der Waals surface area contributed by atoms with Gasteiger partial charge in [-0.05, 0) is 37.4 Å². The summed E-state index contributed by atoms with van der Waals surface area (Å²) in [4.78, 5) is 8.72. The zero-order chi connectivity index (χ0) is 12.4. The first-order chi connectivity index (χ1) is 8.83. The Hall–Kier alpha value is -0.870. The summed E-state index contributed by atoms with van der Waals surface area (Å²) in [6.07, 6.45) is 7.48. The van der Waals surface area contributed by atoms with Crippen LogP contribution in [0.1, 0.15) is 43.4 Å². The van der Waals surface area contributed by atoms with E-state index in [1.807, 2.05) is 0 Å². The Morgan fingerprint density at radius 2 is 2.00 bits per heavy atom. The molecule has 1 aliphatic heterocycles. The highest BCUT2D eigenvalue weighted by molar-refractivity contribution is 6.28. The van der Waals surface area contributed by atoms with Crippen molar-refractivity contribution in [3.05, 3.63) is 16.5 Å². The van der Waals surface area contributed by atoms with Crippen molar-refractivity contribution in [1.29, 1.82) is 0 Å². The molecular formula is C13H19ClN4. The molecule has 4 nitrogen and oxygen atoms in total. The number of hydrogen-bond donors (Lipinski definition) is 2. The maximum atomic E-state index is 6.01. The number of fused-ring (bicyclic) bond motifs is 1. The van der Waals surface area contributed by atoms with E-state index in [0.29, 0.717) is 11.3 Å². The van der Waals surface area contributed by atoms with E-state index in [4.69, 9.17) is 11.6 Å². The predicted molar refractivity (Wildman–Crippen MR) is 72.9 cm³/mol. The summed E-state index contributed by atoms with van der Waals surface area (Å²) in [5.74, 6) is 0.971. The van der Waals surface area contributed by atoms with Gasteiger partial charge in [-0.2, -0.15) is 0 Å². The van der Waals surface area contributed by atoms with Crippen molar-refractivity contribution in [2.75, 3.05) is 11.9 Å². The normalized spacial score (nSPS) is 20.5. The van der Waals surface area contributed by atoms with Gasteiger partial charge in [0.2, 0.25) is 5.28 Å². The predicted octanol–water partition coefficient (Wildman–Crippen LogP) is 2.52. The fourth-order valence-electron chi connectivity index (χ4n) is 2.89. The summed E-state index contributed by atoms with van der Waals surface area (Å²) in [5.41, 5.74) is 2.31. The molecule has 1 aliphatic carbocycles. The molecule has 2 aliphatic rings. The zero-order valence-corrected chi connectivity index (χ0v) is 11.3. The molecule has 5 heteroatoms. The molecular weight excluding hydrogens is 248 g/mol. The van der Waals surface area contributed by atoms with E-state index >= 15 is 0 Å². The van der Waals surface area contributed by atoms with E-state index in [9.17, 15) is 0 Å². The van der Waals surface area contributed by atoms with E-state index in [0.717, 1.165) is 31.0 Å². The molecule has 0 aromatic carbocycles. The van der Waals surface area contributed by atoms with Gasteiger partial charge in [0, 0.05) is 18.2 Å². The molecule has 0 radical (unpaired) electrons. The van der Waals surface area contributed by atoms with Gasteiger partial charge in [0.1, 0.15) is 5.82 Å². The van der Waals surface area contributed by atoms with Crippen LogP contribution in [0.4, 0.5) is 5.82 Å². The Balaban J connectivity index is 1.83. The van der Waals surface area contributed by atoms with Gasteiger partial charge in [0.05, 0.1) is 5.69 Å². The summed E-state index contributed by atoms with van der Waals surface area (Å²) in [6.45, 7) is 1.80. The van der Waals surface area contributed by atoms with Crippen molar-refractivity contribution < 1.29 is 0 Å². The lowest BCUT2D eigenvalue weighted by molar-refractivity contribution is 0.461. The molecule has 0 amide bonds. The second-order valence-corrected chi connectivity index (χ2v) is 5.51. The molecule has 0 bridgehead atoms. The van der Waals surface area contributed by atoms with Gasteiger partial charge in [0.15, 0.2) is 0 Å². The second kappa shape index (κ2) is 5.41. The molecule has 1 aromatic heterocycles. The van der Waals surface area contributed by atoms with Gasteiger partial charge in [0.25, 0.3) is 0 Å². The quantitative estimate of drug-likeness (QED) is 0.808. The molecule has 98 valence electrons. The van der Waals surface area contributed by atoms with Gasteiger partial charge >= 0.3 is 0 Å². The third-order valence-electron chi connectivity index (χ3n) is 3.86. The summed E-state index contributed by atoms with van der Waals surface area (Å²) in [7, 11) is 0. The van der Waals surface area contributed by atoms with Crippen molar-refractivity contribution in [2.45, 2.75) is 51.1 Å². The van der Waals surface area contributed by atoms with Gasteiger partial charge in [-0.25, -0.2) is 9.97 Å². The van der Waals surface area contributed by atoms with Crippen molar-refractivity contribution in [3.63, 3.8) is 0 Å². The standard InChI is InChI=1S/C13H19ClN4/c14-13-17-11-8-15-7-6-10(11)12(18-13)16-9-4-2-1-3-5-9/h9,15H,1-8H2,(H,16,17,18). The first-order valence-electron chi connectivity index (χ1n) is 6.85. The summed E-state index contributed by atoms with van der Waals surface area (Å²) in [6, 6.07) is 0.559. The minimum atomic E-state index is 0.357. The number of anilines is 1. The van der Waals surface area contributed by atoms with Crippen LogP contribution in [0.5, 0.6) is 0 Å². The minimum absolute atomic E-state index is 0.357. The van der Waals surface area contributed by atoms with E-state index in [1.165, 1.54) is 37.7 Å². The lowest BCUT2D eigenvalue weighted by Gasteiger charge is -2.26. The number of nitrogens with zero attached hydrogens (tertiary/aromatic N) is 2. The molecule has 18 heavy (non-hydrogen) atoms. The molecule has 0 saturated heterocycles. The number of halogens is 1. The van der Waals surface area contributed by atoms with Crippen LogP contribution >= 0.6 is 11.6 Å². The third kappa shape index (κ3) is 2.59. The maximum absolute atomic E-state index is 6.01. The molecule has 2 N–H and O–H groups in total. The Morgan fingerprint density at radius 3 is 2.83 bits per heavy atom. The fraction of sp³-hybridized carbons (Fsp3) is 0.692. The highest BCUT2D eigenvalue weighted by Crippen LogP contribution is 2.26. The van der Waals surface area contributed by atoms with Crippen LogP contribution in [0.25, 0.3) is 0 Å². The van der Waals surface area contributed by atoms with Crippen LogP contribution in [-0.4, -0.2) is 22.6 Å². The molecule has 0 spiro atoms. The van der Waals surface area contributed by atoms with Gasteiger partial charge < -0.3 is 10.6 Å². The first kappa shape index (κ1) is 12.2. The van der Waals surface area contributed by atoms with E-state index < -0.39 is 0 Å². The third-order valence-corrected chi connectivity index (χ3v) is 4.02. The van der Waals surface area contributed by atoms with Crippen LogP contribution in [0.2, 0.25) is 5.28 Å². The Morgan fingerprint density at radius 1 is 1.17 bits per heavy atom. The van der Waals surface area contributed by atoms with Crippen LogP contribution in [0.3, 0.4) is 0 Å². The average Bonchev–Trinajstić information content (AvgIpc) is 2.40. The van der Waals surface area contributed by atoms with E-state index in [-0.39, 0.29) is 0 Å². The zero-order valence-electron chi connectivity index (χ0n) is 10.5. The summed E-state index contributed by atoms with van der Waals surface area (Å²) in [5, 5.41) is 7.27. The van der Waals surface area contributed by atoms with Crippen LogP contribution in [0, 0.1) is 0 Å². The molecule has 3 rings (SSSR count). The average molecular weight is 267 g/mol. The topological polar surface area (TPSA) is 49.8 Å². The minimum Gasteiger partial charge on any atom is -0.367 e. The number of rotatable bonds is 2. The van der Waals surface area contributed by atoms with Crippen molar-refractivity contribution in [1.82, 2.24) is 15.3 Å². The molecule has 1 aromatic rings. The largest absolute Gasteiger partial charge is 0.367 e. The highest BCUT2D eigenvalue weighted by atomic mass is 35.5. The van der Waals surface area contributed by atoms with E-state index in [2.05, 4.69) is 20.6 Å². The Kier molecular flexibility index (Phi) is 3.66. The maximum Gasteiger partial charge on any atom is 0.224 e. The smallest absolute Gasteiger partial charge is 0.224 e. The number of nitrogens with one attached hydrogen (secondary N) is 2. The van der Waals surface area contributed by atoms with Crippen molar-refractivity contribution in [3.8, 4) is 0 Å². The van der Waals surface area contributed by atoms with Crippen molar-refractivity contribution >= 4 is 17.4 Å². The second-order valence-electron chi connectivity index (χ2n) is 5.17. The van der Waals surface area contributed by atoms with Crippen LogP contribution in [-0.2, 0) is 13.0 Å². The fourth-order valence-corrected chi connectivity index (χ4v) is 3.08. The lowest BCUT2D eigenvalue weighted by atomic mass is 9.95. The molecule has 0 unspecified atom stereocenters. The SMILES string of the molecule is Clc1nc2c(c(NC3CCCCC3)n1)CCNC2. The number of aromatic nitrogens is 2. The van der Waals surface area contributed by atoms with Crippen LogP contribution < -0.4 is 10.6 Å². The molecule has 1 saturated carbocycles. The van der Waals surface area contributed by atoms with Gasteiger partial charge in [-0.3, -0.25) is 0 Å². The highest BCUT2D eigenvalue weighted by Gasteiger charge is 2.20. The van der Waals surface area contributed by atoms with E-state index in [1.54, 1.807) is 0 Å². The lowest BCUT2D eigenvalue weighted by Crippen LogP contribution is -2.29. The molecule has 1 fully saturated rings.